The molecule has 0 aliphatic heterocycles. The van der Waals surface area contributed by atoms with Crippen LogP contribution in [0.5, 0.6) is 0 Å². The lowest BCUT2D eigenvalue weighted by Gasteiger charge is -2.03. The van der Waals surface area contributed by atoms with Crippen LogP contribution in [0, 0.1) is 0 Å². The van der Waals surface area contributed by atoms with E-state index < -0.39 is 0 Å². The number of aromatic nitrogens is 1. The molecule has 0 unspecified atom stereocenters. The predicted molar refractivity (Wildman–Crippen MR) is 57.6 cm³/mol. The Morgan fingerprint density at radius 2 is 2.36 bits per heavy atom. The third kappa shape index (κ3) is 2.67. The number of pyridine rings is 1. The molecular formula is C11H12ClNO. The Balaban J connectivity index is 2.80. The average Bonchev–Trinajstić information content (AvgIpc) is 2.18. The van der Waals surface area contributed by atoms with Gasteiger partial charge in [-0.05, 0) is 12.5 Å². The Kier molecular flexibility index (Phi) is 3.84. The van der Waals surface area contributed by atoms with Gasteiger partial charge in [-0.15, -0.1) is 0 Å². The highest BCUT2D eigenvalue weighted by Crippen LogP contribution is 2.17. The van der Waals surface area contributed by atoms with E-state index in [0.717, 1.165) is 12.0 Å². The fourth-order valence-electron chi connectivity index (χ4n) is 1.05. The minimum atomic E-state index is 0.00394. The van der Waals surface area contributed by atoms with Gasteiger partial charge in [-0.2, -0.15) is 0 Å². The largest absolute Gasteiger partial charge is 0.294 e. The number of hydrogen-bond donors (Lipinski definition) is 0. The molecule has 0 N–H and O–H groups in total. The molecule has 74 valence electrons. The zero-order valence-corrected chi connectivity index (χ0v) is 8.84. The highest BCUT2D eigenvalue weighted by molar-refractivity contribution is 6.33. The monoisotopic (exact) mass is 209 g/mol. The van der Waals surface area contributed by atoms with Crippen LogP contribution in [0.15, 0.2) is 30.6 Å². The van der Waals surface area contributed by atoms with Crippen LogP contribution in [0.2, 0.25) is 5.02 Å². The van der Waals surface area contributed by atoms with Crippen LogP contribution >= 0.6 is 11.6 Å². The summed E-state index contributed by atoms with van der Waals surface area (Å²) < 4.78 is 0. The van der Waals surface area contributed by atoms with E-state index >= 15 is 0 Å². The van der Waals surface area contributed by atoms with Gasteiger partial charge < -0.3 is 0 Å². The number of Topliss-reactive ketones (excluding diaryl/α,β-unsaturated/α-hetero) is 1. The van der Waals surface area contributed by atoms with Crippen molar-refractivity contribution in [3.05, 3.63) is 41.2 Å². The quantitative estimate of drug-likeness (QED) is 0.563. The fourth-order valence-corrected chi connectivity index (χ4v) is 1.27. The number of rotatable bonds is 4. The molecule has 3 heteroatoms. The predicted octanol–water partition coefficient (Wildman–Crippen LogP) is 3.27. The third-order valence-corrected chi connectivity index (χ3v) is 2.28. The van der Waals surface area contributed by atoms with Gasteiger partial charge in [-0.25, -0.2) is 0 Å². The Labute approximate surface area is 88.6 Å². The van der Waals surface area contributed by atoms with Crippen molar-refractivity contribution in [1.29, 1.82) is 0 Å². The summed E-state index contributed by atoms with van der Waals surface area (Å²) in [6.07, 6.45) is 4.21. The zero-order chi connectivity index (χ0) is 10.6. The first-order chi connectivity index (χ1) is 6.65. The van der Waals surface area contributed by atoms with Crippen LogP contribution in [-0.2, 0) is 0 Å². The van der Waals surface area contributed by atoms with Crippen molar-refractivity contribution < 1.29 is 4.79 Å². The Bertz CT molecular complexity index is 360. The normalized spacial score (nSPS) is 9.86. The van der Waals surface area contributed by atoms with E-state index in [1.807, 2.05) is 6.92 Å². The van der Waals surface area contributed by atoms with Crippen LogP contribution in [-0.4, -0.2) is 10.8 Å². The van der Waals surface area contributed by atoms with E-state index in [4.69, 9.17) is 11.6 Å². The molecule has 0 aliphatic carbocycles. The Hall–Kier alpha value is -1.15. The highest BCUT2D eigenvalue weighted by atomic mass is 35.5. The molecule has 0 aliphatic rings. The first kappa shape index (κ1) is 10.9. The molecule has 0 fully saturated rings. The fraction of sp³-hybridized carbons (Fsp3) is 0.273. The third-order valence-electron chi connectivity index (χ3n) is 1.98. The van der Waals surface area contributed by atoms with Gasteiger partial charge in [0.1, 0.15) is 0 Å². The SMILES string of the molecule is C=C(CC)CC(=O)c1ccncc1Cl. The molecule has 14 heavy (non-hydrogen) atoms. The van der Waals surface area contributed by atoms with Crippen LogP contribution in [0.1, 0.15) is 30.1 Å². The molecule has 1 aromatic rings. The second-order valence-electron chi connectivity index (χ2n) is 3.06. The van der Waals surface area contributed by atoms with Crippen molar-refractivity contribution in [2.24, 2.45) is 0 Å². The highest BCUT2D eigenvalue weighted by Gasteiger charge is 2.10. The maximum atomic E-state index is 11.7. The van der Waals surface area contributed by atoms with Crippen molar-refractivity contribution in [3.8, 4) is 0 Å². The van der Waals surface area contributed by atoms with Crippen LogP contribution < -0.4 is 0 Å². The van der Waals surface area contributed by atoms with Gasteiger partial charge in [0.25, 0.3) is 0 Å². The van der Waals surface area contributed by atoms with Gasteiger partial charge in [0.05, 0.1) is 5.02 Å². The summed E-state index contributed by atoms with van der Waals surface area (Å²) in [5.74, 6) is 0.00394. The zero-order valence-electron chi connectivity index (χ0n) is 8.09. The van der Waals surface area contributed by atoms with Gasteiger partial charge in [-0.3, -0.25) is 9.78 Å². The molecule has 2 nitrogen and oxygen atoms in total. The molecule has 0 bridgehead atoms. The minimum Gasteiger partial charge on any atom is -0.294 e. The summed E-state index contributed by atoms with van der Waals surface area (Å²) in [4.78, 5) is 15.5. The molecule has 1 heterocycles. The molecule has 0 saturated heterocycles. The molecule has 0 spiro atoms. The number of allylic oxidation sites excluding steroid dienone is 1. The molecule has 0 atom stereocenters. The van der Waals surface area contributed by atoms with Crippen molar-refractivity contribution in [1.82, 2.24) is 4.98 Å². The molecule has 1 rings (SSSR count). The first-order valence-corrected chi connectivity index (χ1v) is 4.82. The van der Waals surface area contributed by atoms with Gasteiger partial charge in [-0.1, -0.05) is 30.7 Å². The molecule has 0 aromatic carbocycles. The lowest BCUT2D eigenvalue weighted by atomic mass is 10.0. The minimum absolute atomic E-state index is 0.00394. The van der Waals surface area contributed by atoms with Gasteiger partial charge in [0, 0.05) is 24.4 Å². The summed E-state index contributed by atoms with van der Waals surface area (Å²) in [5.41, 5.74) is 1.44. The maximum absolute atomic E-state index is 11.7. The van der Waals surface area contributed by atoms with Gasteiger partial charge >= 0.3 is 0 Å². The van der Waals surface area contributed by atoms with Crippen molar-refractivity contribution >= 4 is 17.4 Å². The van der Waals surface area contributed by atoms with Crippen molar-refractivity contribution in [2.75, 3.05) is 0 Å². The van der Waals surface area contributed by atoms with Crippen LogP contribution in [0.3, 0.4) is 0 Å². The summed E-state index contributed by atoms with van der Waals surface area (Å²) in [6, 6.07) is 1.63. The molecular weight excluding hydrogens is 198 g/mol. The number of hydrogen-bond acceptors (Lipinski definition) is 2. The lowest BCUT2D eigenvalue weighted by molar-refractivity contribution is 0.0992. The van der Waals surface area contributed by atoms with E-state index in [-0.39, 0.29) is 5.78 Å². The van der Waals surface area contributed by atoms with Crippen molar-refractivity contribution in [2.45, 2.75) is 19.8 Å². The number of carbonyl (C=O) groups excluding carboxylic acids is 1. The van der Waals surface area contributed by atoms with E-state index in [2.05, 4.69) is 11.6 Å². The van der Waals surface area contributed by atoms with Crippen molar-refractivity contribution in [3.63, 3.8) is 0 Å². The molecule has 0 amide bonds. The number of ketones is 1. The second kappa shape index (κ2) is 4.91. The molecule has 1 aromatic heterocycles. The van der Waals surface area contributed by atoms with Crippen LogP contribution in [0.4, 0.5) is 0 Å². The summed E-state index contributed by atoms with van der Waals surface area (Å²) >= 11 is 5.83. The van der Waals surface area contributed by atoms with Gasteiger partial charge in [0.15, 0.2) is 5.78 Å². The maximum Gasteiger partial charge on any atom is 0.168 e. The number of carbonyl (C=O) groups is 1. The van der Waals surface area contributed by atoms with E-state index in [1.54, 1.807) is 12.3 Å². The first-order valence-electron chi connectivity index (χ1n) is 4.44. The van der Waals surface area contributed by atoms with Gasteiger partial charge in [0.2, 0.25) is 0 Å². The molecule has 0 saturated carbocycles. The smallest absolute Gasteiger partial charge is 0.168 e. The van der Waals surface area contributed by atoms with Crippen LogP contribution in [0.25, 0.3) is 0 Å². The number of nitrogens with zero attached hydrogens (tertiary/aromatic N) is 1. The summed E-state index contributed by atoms with van der Waals surface area (Å²) in [5, 5.41) is 0.404. The average molecular weight is 210 g/mol. The standard InChI is InChI=1S/C11H12ClNO/c1-3-8(2)6-11(14)9-4-5-13-7-10(9)12/h4-5,7H,2-3,6H2,1H3. The Morgan fingerprint density at radius 3 is 2.93 bits per heavy atom. The second-order valence-corrected chi connectivity index (χ2v) is 3.47. The van der Waals surface area contributed by atoms with E-state index in [1.165, 1.54) is 6.20 Å². The summed E-state index contributed by atoms with van der Waals surface area (Å²) in [7, 11) is 0. The lowest BCUT2D eigenvalue weighted by Crippen LogP contribution is -2.01. The summed E-state index contributed by atoms with van der Waals surface area (Å²) in [6.45, 7) is 5.76. The molecule has 0 radical (unpaired) electrons. The number of halogens is 1. The topological polar surface area (TPSA) is 30.0 Å². The van der Waals surface area contributed by atoms with E-state index in [9.17, 15) is 4.79 Å². The van der Waals surface area contributed by atoms with E-state index in [0.29, 0.717) is 17.0 Å². The Morgan fingerprint density at radius 1 is 1.64 bits per heavy atom.